The number of nitrogens with zero attached hydrogens (tertiary/aromatic N) is 3. The second kappa shape index (κ2) is 7.53. The van der Waals surface area contributed by atoms with E-state index in [1.807, 2.05) is 18.2 Å². The predicted octanol–water partition coefficient (Wildman–Crippen LogP) is 4.28. The molecule has 0 radical (unpaired) electrons. The number of halogens is 3. The summed E-state index contributed by atoms with van der Waals surface area (Å²) in [6.45, 7) is 1.33. The molecule has 0 aliphatic rings. The van der Waals surface area contributed by atoms with Crippen LogP contribution in [0.15, 0.2) is 48.5 Å². The zero-order valence-corrected chi connectivity index (χ0v) is 15.7. The average Bonchev–Trinajstić information content (AvgIpc) is 3.05. The van der Waals surface area contributed by atoms with Crippen LogP contribution in [0, 0.1) is 0 Å². The van der Waals surface area contributed by atoms with E-state index in [2.05, 4.69) is 4.98 Å². The smallest absolute Gasteiger partial charge is 0.449 e. The van der Waals surface area contributed by atoms with Crippen LogP contribution in [0.4, 0.5) is 13.2 Å². The monoisotopic (exact) mass is 391 g/mol. The highest BCUT2D eigenvalue weighted by Crippen LogP contribution is 2.32. The van der Waals surface area contributed by atoms with Gasteiger partial charge in [0.25, 0.3) is 0 Å². The number of fused-ring (bicyclic) bond motifs is 1. The van der Waals surface area contributed by atoms with Crippen LogP contribution in [-0.2, 0) is 17.5 Å². The fraction of sp³-hybridized carbons (Fsp3) is 0.300. The van der Waals surface area contributed by atoms with Crippen LogP contribution in [0.1, 0.15) is 24.4 Å². The molecule has 2 aromatic carbocycles. The van der Waals surface area contributed by atoms with E-state index in [9.17, 15) is 18.0 Å². The number of para-hydroxylation sites is 3. The molecule has 1 amide bonds. The van der Waals surface area contributed by atoms with Crippen molar-refractivity contribution in [2.45, 2.75) is 25.7 Å². The minimum absolute atomic E-state index is 0.197. The third-order valence-electron chi connectivity index (χ3n) is 4.76. The number of hydrogen-bond donors (Lipinski definition) is 0. The predicted molar refractivity (Wildman–Crippen MR) is 98.9 cm³/mol. The van der Waals surface area contributed by atoms with Gasteiger partial charge in [-0.3, -0.25) is 4.79 Å². The third-order valence-corrected chi connectivity index (χ3v) is 4.76. The first-order valence-corrected chi connectivity index (χ1v) is 8.65. The summed E-state index contributed by atoms with van der Waals surface area (Å²) in [5, 5.41) is 0. The summed E-state index contributed by atoms with van der Waals surface area (Å²) in [4.78, 5) is 17.9. The van der Waals surface area contributed by atoms with Crippen LogP contribution in [0.25, 0.3) is 11.0 Å². The van der Waals surface area contributed by atoms with Gasteiger partial charge in [-0.25, -0.2) is 4.98 Å². The van der Waals surface area contributed by atoms with Crippen molar-refractivity contribution in [1.82, 2.24) is 14.5 Å². The Labute approximate surface area is 160 Å². The van der Waals surface area contributed by atoms with Crippen molar-refractivity contribution < 1.29 is 22.7 Å². The van der Waals surface area contributed by atoms with Gasteiger partial charge < -0.3 is 14.2 Å². The number of imidazole rings is 1. The van der Waals surface area contributed by atoms with Crippen molar-refractivity contribution in [1.29, 1.82) is 0 Å². The van der Waals surface area contributed by atoms with Crippen molar-refractivity contribution in [2.24, 2.45) is 0 Å². The number of rotatable bonds is 5. The second-order valence-corrected chi connectivity index (χ2v) is 6.43. The summed E-state index contributed by atoms with van der Waals surface area (Å²) in [7, 11) is 3.09. The molecule has 28 heavy (non-hydrogen) atoms. The highest BCUT2D eigenvalue weighted by molar-refractivity contribution is 5.81. The maximum Gasteiger partial charge on any atom is 0.449 e. The number of carbonyl (C=O) groups excluding carboxylic acids is 1. The summed E-state index contributed by atoms with van der Waals surface area (Å²) < 4.78 is 46.5. The van der Waals surface area contributed by atoms with Crippen LogP contribution in [-0.4, -0.2) is 34.5 Å². The van der Waals surface area contributed by atoms with E-state index in [4.69, 9.17) is 4.74 Å². The van der Waals surface area contributed by atoms with E-state index in [0.29, 0.717) is 5.75 Å². The van der Waals surface area contributed by atoms with Gasteiger partial charge in [0.1, 0.15) is 12.3 Å². The second-order valence-electron chi connectivity index (χ2n) is 6.43. The zero-order chi connectivity index (χ0) is 20.5. The van der Waals surface area contributed by atoms with Crippen molar-refractivity contribution >= 4 is 16.9 Å². The molecule has 0 saturated heterocycles. The lowest BCUT2D eigenvalue weighted by atomic mass is 10.1. The van der Waals surface area contributed by atoms with Crippen molar-refractivity contribution in [3.8, 4) is 5.75 Å². The lowest BCUT2D eigenvalue weighted by Crippen LogP contribution is -2.33. The summed E-state index contributed by atoms with van der Waals surface area (Å²) in [6, 6.07) is 13.1. The van der Waals surface area contributed by atoms with Crippen molar-refractivity contribution in [3.63, 3.8) is 0 Å². The van der Waals surface area contributed by atoms with E-state index in [0.717, 1.165) is 10.1 Å². The van der Waals surface area contributed by atoms with Gasteiger partial charge in [0.15, 0.2) is 0 Å². The van der Waals surface area contributed by atoms with Gasteiger partial charge in [-0.15, -0.1) is 0 Å². The molecule has 0 aliphatic carbocycles. The molecule has 148 valence electrons. The number of aromatic nitrogens is 2. The number of methoxy groups -OCH3 is 1. The third kappa shape index (κ3) is 3.67. The number of benzene rings is 2. The van der Waals surface area contributed by atoms with Crippen LogP contribution >= 0.6 is 0 Å². The average molecular weight is 391 g/mol. The van der Waals surface area contributed by atoms with E-state index in [-0.39, 0.29) is 17.1 Å². The Hall–Kier alpha value is -3.03. The van der Waals surface area contributed by atoms with Gasteiger partial charge in [0, 0.05) is 12.6 Å². The number of hydrogen-bond acceptors (Lipinski definition) is 3. The normalized spacial score (nSPS) is 12.8. The van der Waals surface area contributed by atoms with E-state index in [1.165, 1.54) is 24.1 Å². The molecule has 0 spiro atoms. The van der Waals surface area contributed by atoms with Crippen molar-refractivity contribution in [3.05, 3.63) is 59.9 Å². The Morgan fingerprint density at radius 3 is 2.50 bits per heavy atom. The SMILES string of the molecule is COc1ccccc1C(C)N(C)C(=O)Cn1c(C(F)(F)F)nc2ccccc21. The van der Waals surface area contributed by atoms with Crippen molar-refractivity contribution in [2.75, 3.05) is 14.2 Å². The molecule has 0 N–H and O–H groups in total. The molecule has 3 rings (SSSR count). The molecular formula is C20H20F3N3O2. The standard InChI is InChI=1S/C20H20F3N3O2/c1-13(14-8-4-7-11-17(14)28-3)25(2)18(27)12-26-16-10-6-5-9-15(16)24-19(26)20(21,22)23/h4-11,13H,12H2,1-3H3. The minimum Gasteiger partial charge on any atom is -0.496 e. The van der Waals surface area contributed by atoms with Crippen LogP contribution in [0.2, 0.25) is 0 Å². The van der Waals surface area contributed by atoms with Crippen LogP contribution in [0.5, 0.6) is 5.75 Å². The minimum atomic E-state index is -4.66. The molecule has 1 unspecified atom stereocenters. The fourth-order valence-corrected chi connectivity index (χ4v) is 3.13. The first-order valence-electron chi connectivity index (χ1n) is 8.65. The fourth-order valence-electron chi connectivity index (χ4n) is 3.13. The molecule has 0 bridgehead atoms. The van der Waals surface area contributed by atoms with Gasteiger partial charge in [-0.05, 0) is 25.1 Å². The highest BCUT2D eigenvalue weighted by atomic mass is 19.4. The molecule has 1 atom stereocenters. The number of amides is 1. The Bertz CT molecular complexity index is 998. The van der Waals surface area contributed by atoms with Crippen LogP contribution < -0.4 is 4.74 Å². The van der Waals surface area contributed by atoms with Gasteiger partial charge in [0.2, 0.25) is 11.7 Å². The summed E-state index contributed by atoms with van der Waals surface area (Å²) in [5.41, 5.74) is 1.23. The number of ether oxygens (including phenoxy) is 1. The quantitative estimate of drug-likeness (QED) is 0.652. The lowest BCUT2D eigenvalue weighted by molar-refractivity contribution is -0.148. The van der Waals surface area contributed by atoms with E-state index < -0.39 is 24.5 Å². The summed E-state index contributed by atoms with van der Waals surface area (Å²) in [6.07, 6.45) is -4.66. The topological polar surface area (TPSA) is 47.4 Å². The van der Waals surface area contributed by atoms with E-state index in [1.54, 1.807) is 32.2 Å². The van der Waals surface area contributed by atoms with E-state index >= 15 is 0 Å². The Balaban J connectivity index is 1.92. The Morgan fingerprint density at radius 1 is 1.18 bits per heavy atom. The maximum absolute atomic E-state index is 13.4. The maximum atomic E-state index is 13.4. The molecule has 5 nitrogen and oxygen atoms in total. The first kappa shape index (κ1) is 19.7. The molecule has 1 aromatic heterocycles. The summed E-state index contributed by atoms with van der Waals surface area (Å²) >= 11 is 0. The van der Waals surface area contributed by atoms with Gasteiger partial charge in [-0.1, -0.05) is 30.3 Å². The molecule has 8 heteroatoms. The van der Waals surface area contributed by atoms with Crippen LogP contribution in [0.3, 0.4) is 0 Å². The highest BCUT2D eigenvalue weighted by Gasteiger charge is 2.38. The van der Waals surface area contributed by atoms with Gasteiger partial charge in [-0.2, -0.15) is 13.2 Å². The molecular weight excluding hydrogens is 371 g/mol. The lowest BCUT2D eigenvalue weighted by Gasteiger charge is -2.27. The molecule has 0 fully saturated rings. The largest absolute Gasteiger partial charge is 0.496 e. The number of alkyl halides is 3. The molecule has 1 heterocycles. The van der Waals surface area contributed by atoms with Gasteiger partial charge >= 0.3 is 6.18 Å². The molecule has 0 saturated carbocycles. The van der Waals surface area contributed by atoms with Gasteiger partial charge in [0.05, 0.1) is 24.2 Å². The summed E-state index contributed by atoms with van der Waals surface area (Å²) in [5.74, 6) is -0.939. The zero-order valence-electron chi connectivity index (χ0n) is 15.7. The number of carbonyl (C=O) groups is 1. The molecule has 0 aliphatic heterocycles. The molecule has 3 aromatic rings. The first-order chi connectivity index (χ1) is 13.2. The Kier molecular flexibility index (Phi) is 5.31. The number of likely N-dealkylation sites (N-methyl/N-ethyl adjacent to an activating group) is 1. The Morgan fingerprint density at radius 2 is 1.82 bits per heavy atom.